The van der Waals surface area contributed by atoms with Gasteiger partial charge in [-0.15, -0.1) is 0 Å². The molecule has 1 rings (SSSR count). The van der Waals surface area contributed by atoms with Crippen LogP contribution in [-0.4, -0.2) is 51.0 Å². The summed E-state index contributed by atoms with van der Waals surface area (Å²) < 4.78 is 20.5. The van der Waals surface area contributed by atoms with E-state index in [4.69, 9.17) is 18.9 Å². The molecule has 0 aromatic rings. The van der Waals surface area contributed by atoms with Crippen LogP contribution in [0.4, 0.5) is 0 Å². The fourth-order valence-electron chi connectivity index (χ4n) is 1.49. The number of rotatable bonds is 3. The largest absolute Gasteiger partial charge is 0.464 e. The van der Waals surface area contributed by atoms with E-state index in [9.17, 15) is 5.11 Å². The first-order chi connectivity index (χ1) is 6.65. The molecule has 1 saturated heterocycles. The lowest BCUT2D eigenvalue weighted by Crippen LogP contribution is -2.53. The predicted octanol–water partition coefficient (Wildman–Crippen LogP) is -0.106. The molecular formula is C9H16O5. The van der Waals surface area contributed by atoms with E-state index >= 15 is 0 Å². The van der Waals surface area contributed by atoms with Crippen molar-refractivity contribution < 1.29 is 24.1 Å². The maximum Gasteiger partial charge on any atom is 0.228 e. The zero-order chi connectivity index (χ0) is 10.7. The van der Waals surface area contributed by atoms with Crippen LogP contribution in [0.2, 0.25) is 0 Å². The van der Waals surface area contributed by atoms with E-state index in [0.717, 1.165) is 0 Å². The van der Waals surface area contributed by atoms with Crippen molar-refractivity contribution in [2.45, 2.75) is 24.6 Å². The van der Waals surface area contributed by atoms with Crippen molar-refractivity contribution in [2.75, 3.05) is 21.3 Å². The Balaban J connectivity index is 2.80. The van der Waals surface area contributed by atoms with Crippen LogP contribution in [0.5, 0.6) is 0 Å². The third-order valence-corrected chi connectivity index (χ3v) is 2.28. The fourth-order valence-corrected chi connectivity index (χ4v) is 1.49. The highest BCUT2D eigenvalue weighted by molar-refractivity contribution is 5.04. The monoisotopic (exact) mass is 204 g/mol. The summed E-state index contributed by atoms with van der Waals surface area (Å²) in [5.41, 5.74) is 0. The normalized spacial score (nSPS) is 38.1. The molecule has 0 unspecified atom stereocenters. The molecule has 0 aliphatic carbocycles. The molecule has 4 atom stereocenters. The van der Waals surface area contributed by atoms with E-state index in [1.165, 1.54) is 21.3 Å². The van der Waals surface area contributed by atoms with Crippen molar-refractivity contribution in [3.63, 3.8) is 0 Å². The summed E-state index contributed by atoms with van der Waals surface area (Å²) in [6, 6.07) is 0. The van der Waals surface area contributed by atoms with E-state index in [1.54, 1.807) is 0 Å². The average Bonchev–Trinajstić information content (AvgIpc) is 2.20. The van der Waals surface area contributed by atoms with Gasteiger partial charge in [-0.25, -0.2) is 0 Å². The van der Waals surface area contributed by atoms with Crippen LogP contribution < -0.4 is 0 Å². The quantitative estimate of drug-likeness (QED) is 0.695. The highest BCUT2D eigenvalue weighted by Gasteiger charge is 2.43. The Labute approximate surface area is 83.2 Å². The molecule has 0 bridgehead atoms. The average molecular weight is 204 g/mol. The van der Waals surface area contributed by atoms with Gasteiger partial charge in [-0.2, -0.15) is 0 Å². The maximum atomic E-state index is 9.67. The zero-order valence-corrected chi connectivity index (χ0v) is 8.60. The topological polar surface area (TPSA) is 57.2 Å². The molecule has 0 aromatic carbocycles. The van der Waals surface area contributed by atoms with Crippen LogP contribution >= 0.6 is 0 Å². The molecule has 1 fully saturated rings. The molecule has 0 radical (unpaired) electrons. The summed E-state index contributed by atoms with van der Waals surface area (Å²) in [5, 5.41) is 9.67. The van der Waals surface area contributed by atoms with Crippen molar-refractivity contribution in [3.05, 3.63) is 12.3 Å². The Morgan fingerprint density at radius 1 is 1.14 bits per heavy atom. The summed E-state index contributed by atoms with van der Waals surface area (Å²) >= 11 is 0. The third-order valence-electron chi connectivity index (χ3n) is 2.28. The van der Waals surface area contributed by atoms with Gasteiger partial charge in [0.05, 0.1) is 0 Å². The van der Waals surface area contributed by atoms with Crippen LogP contribution in [0.1, 0.15) is 0 Å². The Kier molecular flexibility index (Phi) is 3.88. The van der Waals surface area contributed by atoms with E-state index < -0.39 is 24.6 Å². The highest BCUT2D eigenvalue weighted by Crippen LogP contribution is 2.26. The molecule has 0 aromatic heterocycles. The van der Waals surface area contributed by atoms with E-state index in [0.29, 0.717) is 0 Å². The first-order valence-corrected chi connectivity index (χ1v) is 4.27. The molecule has 5 heteroatoms. The van der Waals surface area contributed by atoms with Crippen LogP contribution in [0.3, 0.4) is 0 Å². The zero-order valence-electron chi connectivity index (χ0n) is 8.60. The van der Waals surface area contributed by atoms with Crippen molar-refractivity contribution in [1.29, 1.82) is 0 Å². The molecule has 82 valence electrons. The number of ether oxygens (including phenoxy) is 4. The molecule has 14 heavy (non-hydrogen) atoms. The van der Waals surface area contributed by atoms with Crippen LogP contribution in [0, 0.1) is 0 Å². The Hall–Kier alpha value is -0.620. The second kappa shape index (κ2) is 4.75. The minimum Gasteiger partial charge on any atom is -0.464 e. The lowest BCUT2D eigenvalue weighted by Gasteiger charge is -2.39. The first kappa shape index (κ1) is 11.5. The molecule has 1 heterocycles. The number of aliphatic hydroxyl groups is 1. The number of methoxy groups -OCH3 is 3. The van der Waals surface area contributed by atoms with Crippen LogP contribution in [-0.2, 0) is 18.9 Å². The highest BCUT2D eigenvalue weighted by atomic mass is 16.7. The number of hydrogen-bond donors (Lipinski definition) is 1. The lowest BCUT2D eigenvalue weighted by molar-refractivity contribution is -0.247. The minimum absolute atomic E-state index is 0.233. The van der Waals surface area contributed by atoms with Crippen LogP contribution in [0.15, 0.2) is 12.3 Å². The second-order valence-corrected chi connectivity index (χ2v) is 3.03. The van der Waals surface area contributed by atoms with Crippen molar-refractivity contribution >= 4 is 0 Å². The number of aliphatic hydroxyl groups excluding tert-OH is 1. The first-order valence-electron chi connectivity index (χ1n) is 4.27. The maximum absolute atomic E-state index is 9.67. The van der Waals surface area contributed by atoms with Crippen molar-refractivity contribution in [2.24, 2.45) is 0 Å². The van der Waals surface area contributed by atoms with Gasteiger partial charge in [0.1, 0.15) is 24.1 Å². The molecule has 1 N–H and O–H groups in total. The standard InChI is InChI=1S/C9H16O5/c1-5-6(10)7(11-2)8(12-3)9(13-4)14-5/h6-10H,1H2,2-4H3/t6-,7+,8-,9+/m1/s1. The molecular weight excluding hydrogens is 188 g/mol. The predicted molar refractivity (Wildman–Crippen MR) is 48.6 cm³/mol. The Bertz CT molecular complexity index is 205. The van der Waals surface area contributed by atoms with Crippen molar-refractivity contribution in [1.82, 2.24) is 0 Å². The Morgan fingerprint density at radius 3 is 2.14 bits per heavy atom. The fraction of sp³-hybridized carbons (Fsp3) is 0.778. The van der Waals surface area contributed by atoms with Gasteiger partial charge in [-0.3, -0.25) is 0 Å². The molecule has 1 aliphatic rings. The molecule has 0 spiro atoms. The van der Waals surface area contributed by atoms with Gasteiger partial charge in [0, 0.05) is 21.3 Å². The lowest BCUT2D eigenvalue weighted by atomic mass is 10.0. The third kappa shape index (κ3) is 1.90. The van der Waals surface area contributed by atoms with E-state index in [1.807, 2.05) is 0 Å². The Morgan fingerprint density at radius 2 is 1.71 bits per heavy atom. The molecule has 0 amide bonds. The SMILES string of the molecule is C=C1O[C@H](OC)[C@H](OC)[C@@H](OC)[C@@H]1O. The smallest absolute Gasteiger partial charge is 0.228 e. The molecule has 5 nitrogen and oxygen atoms in total. The van der Waals surface area contributed by atoms with Gasteiger partial charge in [-0.05, 0) is 0 Å². The second-order valence-electron chi connectivity index (χ2n) is 3.03. The molecule has 1 aliphatic heterocycles. The van der Waals surface area contributed by atoms with Gasteiger partial charge >= 0.3 is 0 Å². The summed E-state index contributed by atoms with van der Waals surface area (Å²) in [4.78, 5) is 0. The molecule has 0 saturated carbocycles. The van der Waals surface area contributed by atoms with Gasteiger partial charge in [-0.1, -0.05) is 6.58 Å². The van der Waals surface area contributed by atoms with Crippen LogP contribution in [0.25, 0.3) is 0 Å². The van der Waals surface area contributed by atoms with E-state index in [-0.39, 0.29) is 5.76 Å². The van der Waals surface area contributed by atoms with Crippen molar-refractivity contribution in [3.8, 4) is 0 Å². The van der Waals surface area contributed by atoms with E-state index in [2.05, 4.69) is 6.58 Å². The summed E-state index contributed by atoms with van der Waals surface area (Å²) in [5.74, 6) is 0.233. The summed E-state index contributed by atoms with van der Waals surface area (Å²) in [7, 11) is 4.49. The number of hydrogen-bond acceptors (Lipinski definition) is 5. The summed E-state index contributed by atoms with van der Waals surface area (Å²) in [6.07, 6.45) is -2.48. The minimum atomic E-state index is -0.892. The van der Waals surface area contributed by atoms with Gasteiger partial charge in [0.25, 0.3) is 0 Å². The van der Waals surface area contributed by atoms with Gasteiger partial charge in [0.15, 0.2) is 0 Å². The summed E-state index contributed by atoms with van der Waals surface area (Å²) in [6.45, 7) is 3.57. The van der Waals surface area contributed by atoms with Gasteiger partial charge < -0.3 is 24.1 Å². The van der Waals surface area contributed by atoms with Gasteiger partial charge in [0.2, 0.25) is 6.29 Å².